The quantitative estimate of drug-likeness (QED) is 0.624. The summed E-state index contributed by atoms with van der Waals surface area (Å²) in [5.41, 5.74) is 5.01. The van der Waals surface area contributed by atoms with Crippen LogP contribution in [0.2, 0.25) is 0 Å². The number of aryl methyl sites for hydroxylation is 1. The molecule has 1 nitrogen and oxygen atoms in total. The lowest BCUT2D eigenvalue weighted by Gasteiger charge is -2.08. The maximum absolute atomic E-state index is 4.00. The van der Waals surface area contributed by atoms with Crippen molar-refractivity contribution in [3.05, 3.63) is 72.4 Å². The van der Waals surface area contributed by atoms with E-state index in [1.807, 2.05) is 12.1 Å². The second kappa shape index (κ2) is 4.77. The van der Waals surface area contributed by atoms with Gasteiger partial charge in [-0.3, -0.25) is 0 Å². The number of benzene rings is 2. The van der Waals surface area contributed by atoms with Crippen molar-refractivity contribution < 1.29 is 0 Å². The molecule has 1 heterocycles. The van der Waals surface area contributed by atoms with Gasteiger partial charge in [0.1, 0.15) is 0 Å². The second-order valence-electron chi connectivity index (χ2n) is 4.61. The van der Waals surface area contributed by atoms with Gasteiger partial charge < -0.3 is 4.57 Å². The zero-order valence-corrected chi connectivity index (χ0v) is 11.1. The van der Waals surface area contributed by atoms with Gasteiger partial charge in [-0.1, -0.05) is 49.9 Å². The van der Waals surface area contributed by atoms with E-state index in [2.05, 4.69) is 66.6 Å². The van der Waals surface area contributed by atoms with Crippen LogP contribution in [0.5, 0.6) is 0 Å². The van der Waals surface area contributed by atoms with Crippen molar-refractivity contribution in [3.63, 3.8) is 0 Å². The first-order chi connectivity index (χ1) is 9.36. The molecule has 0 fully saturated rings. The van der Waals surface area contributed by atoms with Gasteiger partial charge in [0, 0.05) is 16.8 Å². The zero-order valence-electron chi connectivity index (χ0n) is 11.1. The first-order valence-electron chi connectivity index (χ1n) is 6.67. The van der Waals surface area contributed by atoms with Crippen molar-refractivity contribution in [2.45, 2.75) is 13.3 Å². The Balaban J connectivity index is 2.44. The third-order valence-electron chi connectivity index (χ3n) is 3.58. The third kappa shape index (κ3) is 1.78. The molecule has 0 bridgehead atoms. The van der Waals surface area contributed by atoms with E-state index >= 15 is 0 Å². The summed E-state index contributed by atoms with van der Waals surface area (Å²) in [5.74, 6) is 0. The fourth-order valence-electron chi connectivity index (χ4n) is 2.77. The van der Waals surface area contributed by atoms with Gasteiger partial charge in [0.15, 0.2) is 0 Å². The number of hydrogen-bond donors (Lipinski definition) is 0. The highest BCUT2D eigenvalue weighted by Gasteiger charge is 2.14. The lowest BCUT2D eigenvalue weighted by atomic mass is 10.1. The molecule has 0 saturated carbocycles. The maximum atomic E-state index is 4.00. The van der Waals surface area contributed by atoms with Crippen LogP contribution < -0.4 is 0 Å². The van der Waals surface area contributed by atoms with Gasteiger partial charge in [-0.25, -0.2) is 0 Å². The van der Waals surface area contributed by atoms with E-state index < -0.39 is 0 Å². The van der Waals surface area contributed by atoms with E-state index in [-0.39, 0.29) is 0 Å². The van der Waals surface area contributed by atoms with Gasteiger partial charge in [-0.15, -0.1) is 0 Å². The van der Waals surface area contributed by atoms with E-state index in [1.165, 1.54) is 27.8 Å². The number of aromatic nitrogens is 1. The normalized spacial score (nSPS) is 10.8. The highest BCUT2D eigenvalue weighted by atomic mass is 15.0. The minimum Gasteiger partial charge on any atom is -0.310 e. The summed E-state index contributed by atoms with van der Waals surface area (Å²) in [6.07, 6.45) is 2.98. The molecule has 0 saturated heterocycles. The minimum absolute atomic E-state index is 1.02. The summed E-state index contributed by atoms with van der Waals surface area (Å²) in [6, 6.07) is 19.0. The Morgan fingerprint density at radius 1 is 1.00 bits per heavy atom. The lowest BCUT2D eigenvalue weighted by Crippen LogP contribution is -1.96. The number of hydrogen-bond acceptors (Lipinski definition) is 0. The van der Waals surface area contributed by atoms with Crippen LogP contribution in [0.1, 0.15) is 18.2 Å². The molecule has 0 aliphatic rings. The van der Waals surface area contributed by atoms with Crippen LogP contribution in [0.4, 0.5) is 0 Å². The van der Waals surface area contributed by atoms with Crippen LogP contribution in [-0.4, -0.2) is 4.57 Å². The Morgan fingerprint density at radius 3 is 2.37 bits per heavy atom. The number of para-hydroxylation sites is 2. The molecule has 0 spiro atoms. The van der Waals surface area contributed by atoms with E-state index in [1.54, 1.807) is 0 Å². The summed E-state index contributed by atoms with van der Waals surface area (Å²) in [6.45, 7) is 6.20. The van der Waals surface area contributed by atoms with Crippen molar-refractivity contribution in [2.75, 3.05) is 0 Å². The number of rotatable bonds is 3. The van der Waals surface area contributed by atoms with E-state index in [0.29, 0.717) is 0 Å². The molecular weight excluding hydrogens is 230 g/mol. The topological polar surface area (TPSA) is 4.93 Å². The van der Waals surface area contributed by atoms with Crippen LogP contribution >= 0.6 is 0 Å². The summed E-state index contributed by atoms with van der Waals surface area (Å²) in [7, 11) is 0. The monoisotopic (exact) mass is 247 g/mol. The molecule has 0 N–H and O–H groups in total. The van der Waals surface area contributed by atoms with E-state index in [9.17, 15) is 0 Å². The molecule has 0 atom stereocenters. The van der Waals surface area contributed by atoms with Crippen LogP contribution in [0, 0.1) is 0 Å². The fourth-order valence-corrected chi connectivity index (χ4v) is 2.77. The summed E-state index contributed by atoms with van der Waals surface area (Å²) >= 11 is 0. The first kappa shape index (κ1) is 11.8. The highest BCUT2D eigenvalue weighted by Crippen LogP contribution is 2.30. The Kier molecular flexibility index (Phi) is 2.96. The van der Waals surface area contributed by atoms with E-state index in [0.717, 1.165) is 6.42 Å². The molecule has 0 amide bonds. The number of nitrogens with zero attached hydrogens (tertiary/aromatic N) is 1. The van der Waals surface area contributed by atoms with Gasteiger partial charge in [-0.2, -0.15) is 0 Å². The van der Waals surface area contributed by atoms with Crippen molar-refractivity contribution >= 4 is 17.0 Å². The van der Waals surface area contributed by atoms with E-state index in [4.69, 9.17) is 0 Å². The Bertz CT molecular complexity index is 720. The highest BCUT2D eigenvalue weighted by molar-refractivity contribution is 5.89. The summed E-state index contributed by atoms with van der Waals surface area (Å²) in [4.78, 5) is 0. The average molecular weight is 247 g/mol. The maximum Gasteiger partial charge on any atom is 0.0537 e. The summed E-state index contributed by atoms with van der Waals surface area (Å²) in [5, 5.41) is 1.32. The molecule has 3 aromatic rings. The smallest absolute Gasteiger partial charge is 0.0537 e. The average Bonchev–Trinajstić information content (AvgIpc) is 2.81. The molecule has 3 rings (SSSR count). The SMILES string of the molecule is C=Cc1c(CC)c2ccccc2n1-c1ccccc1. The van der Waals surface area contributed by atoms with Crippen LogP contribution in [0.25, 0.3) is 22.7 Å². The second-order valence-corrected chi connectivity index (χ2v) is 4.61. The van der Waals surface area contributed by atoms with Gasteiger partial charge in [0.2, 0.25) is 0 Å². The molecule has 1 aromatic heterocycles. The molecule has 1 heteroatoms. The molecule has 0 radical (unpaired) electrons. The van der Waals surface area contributed by atoms with Gasteiger partial charge >= 0.3 is 0 Å². The zero-order chi connectivity index (χ0) is 13.2. The molecule has 19 heavy (non-hydrogen) atoms. The van der Waals surface area contributed by atoms with Crippen molar-refractivity contribution in [1.29, 1.82) is 0 Å². The lowest BCUT2D eigenvalue weighted by molar-refractivity contribution is 1.06. The largest absolute Gasteiger partial charge is 0.310 e. The predicted octanol–water partition coefficient (Wildman–Crippen LogP) is 4.84. The van der Waals surface area contributed by atoms with Crippen molar-refractivity contribution in [3.8, 4) is 5.69 Å². The van der Waals surface area contributed by atoms with Crippen LogP contribution in [0.15, 0.2) is 61.2 Å². The standard InChI is InChI=1S/C18H17N/c1-3-15-16-12-8-9-13-18(16)19(17(15)4-2)14-10-6-5-7-11-14/h4-13H,2-3H2,1H3. The Labute approximate surface area is 113 Å². The summed E-state index contributed by atoms with van der Waals surface area (Å²) < 4.78 is 2.29. The van der Waals surface area contributed by atoms with Crippen LogP contribution in [0.3, 0.4) is 0 Å². The fraction of sp³-hybridized carbons (Fsp3) is 0.111. The number of fused-ring (bicyclic) bond motifs is 1. The predicted molar refractivity (Wildman–Crippen MR) is 82.7 cm³/mol. The van der Waals surface area contributed by atoms with Gasteiger partial charge in [0.05, 0.1) is 5.52 Å². The minimum atomic E-state index is 1.02. The van der Waals surface area contributed by atoms with Crippen LogP contribution in [-0.2, 0) is 6.42 Å². The Morgan fingerprint density at radius 2 is 1.68 bits per heavy atom. The molecule has 0 aliphatic heterocycles. The van der Waals surface area contributed by atoms with Gasteiger partial charge in [-0.05, 0) is 36.3 Å². The molecule has 94 valence electrons. The Hall–Kier alpha value is -2.28. The van der Waals surface area contributed by atoms with Gasteiger partial charge in [0.25, 0.3) is 0 Å². The van der Waals surface area contributed by atoms with Crippen molar-refractivity contribution in [1.82, 2.24) is 4.57 Å². The molecular formula is C18H17N. The van der Waals surface area contributed by atoms with Crippen molar-refractivity contribution in [2.24, 2.45) is 0 Å². The molecule has 0 unspecified atom stereocenters. The molecule has 2 aromatic carbocycles. The molecule has 0 aliphatic carbocycles. The first-order valence-corrected chi connectivity index (χ1v) is 6.67. The third-order valence-corrected chi connectivity index (χ3v) is 3.58.